The second-order valence-corrected chi connectivity index (χ2v) is 6.76. The Bertz CT molecular complexity index is 578. The molecule has 1 amide bonds. The van der Waals surface area contributed by atoms with Crippen LogP contribution in [-0.4, -0.2) is 60.5 Å². The topological polar surface area (TPSA) is 104 Å². The van der Waals surface area contributed by atoms with Crippen LogP contribution < -0.4 is 10.6 Å². The van der Waals surface area contributed by atoms with Crippen LogP contribution in [0.2, 0.25) is 0 Å². The molecule has 2 rings (SSSR count). The van der Waals surface area contributed by atoms with Gasteiger partial charge in [-0.1, -0.05) is 0 Å². The maximum Gasteiger partial charge on any atom is 0.238 e. The van der Waals surface area contributed by atoms with Crippen molar-refractivity contribution in [1.29, 1.82) is 0 Å². The molecule has 2 heterocycles. The number of nitrogens with one attached hydrogen (secondary N) is 2. The molecule has 21 heavy (non-hydrogen) atoms. The van der Waals surface area contributed by atoms with E-state index in [0.29, 0.717) is 38.4 Å². The van der Waals surface area contributed by atoms with Gasteiger partial charge in [-0.25, -0.2) is 18.4 Å². The van der Waals surface area contributed by atoms with E-state index in [0.717, 1.165) is 6.26 Å². The van der Waals surface area contributed by atoms with Crippen molar-refractivity contribution in [2.24, 2.45) is 0 Å². The SMILES string of the molecule is CS(=O)(=O)N1CCCC1C(=O)NCCNc1ncccn1. The summed E-state index contributed by atoms with van der Waals surface area (Å²) in [6.45, 7) is 1.26. The van der Waals surface area contributed by atoms with Crippen molar-refractivity contribution in [3.05, 3.63) is 18.5 Å². The minimum Gasteiger partial charge on any atom is -0.353 e. The van der Waals surface area contributed by atoms with E-state index in [1.807, 2.05) is 0 Å². The lowest BCUT2D eigenvalue weighted by atomic mass is 10.2. The lowest BCUT2D eigenvalue weighted by Crippen LogP contribution is -2.46. The standard InChI is InChI=1S/C12H19N5O3S/c1-21(19,20)17-9-2-4-10(17)11(18)13-7-8-16-12-14-5-3-6-15-12/h3,5-6,10H,2,4,7-9H2,1H3,(H,13,18)(H,14,15,16). The van der Waals surface area contributed by atoms with Gasteiger partial charge >= 0.3 is 0 Å². The second-order valence-electron chi connectivity index (χ2n) is 4.82. The molecule has 1 unspecified atom stereocenters. The first-order valence-electron chi connectivity index (χ1n) is 6.74. The number of aromatic nitrogens is 2. The van der Waals surface area contributed by atoms with Gasteiger partial charge in [0.15, 0.2) is 0 Å². The number of nitrogens with zero attached hydrogens (tertiary/aromatic N) is 3. The van der Waals surface area contributed by atoms with Crippen LogP contribution in [0.4, 0.5) is 5.95 Å². The minimum absolute atomic E-state index is 0.256. The van der Waals surface area contributed by atoms with Crippen molar-refractivity contribution in [3.8, 4) is 0 Å². The highest BCUT2D eigenvalue weighted by molar-refractivity contribution is 7.88. The van der Waals surface area contributed by atoms with Gasteiger partial charge in [0.25, 0.3) is 0 Å². The van der Waals surface area contributed by atoms with Crippen LogP contribution in [0.3, 0.4) is 0 Å². The molecule has 1 aliphatic rings. The first-order chi connectivity index (χ1) is 9.98. The zero-order valence-corrected chi connectivity index (χ0v) is 12.6. The number of rotatable bonds is 6. The largest absolute Gasteiger partial charge is 0.353 e. The first-order valence-corrected chi connectivity index (χ1v) is 8.59. The molecule has 0 bridgehead atoms. The van der Waals surface area contributed by atoms with E-state index in [4.69, 9.17) is 0 Å². The van der Waals surface area contributed by atoms with E-state index >= 15 is 0 Å². The van der Waals surface area contributed by atoms with Crippen molar-refractivity contribution in [1.82, 2.24) is 19.6 Å². The van der Waals surface area contributed by atoms with Gasteiger partial charge in [0, 0.05) is 32.0 Å². The van der Waals surface area contributed by atoms with Crippen LogP contribution in [0.1, 0.15) is 12.8 Å². The second kappa shape index (κ2) is 6.81. The average Bonchev–Trinajstić information content (AvgIpc) is 2.94. The van der Waals surface area contributed by atoms with E-state index in [2.05, 4.69) is 20.6 Å². The van der Waals surface area contributed by atoms with Crippen molar-refractivity contribution in [2.45, 2.75) is 18.9 Å². The molecule has 0 aromatic carbocycles. The molecule has 0 spiro atoms. The van der Waals surface area contributed by atoms with Gasteiger partial charge in [0.05, 0.1) is 6.26 Å². The predicted octanol–water partition coefficient (Wildman–Crippen LogP) is -0.571. The van der Waals surface area contributed by atoms with E-state index in [1.54, 1.807) is 18.5 Å². The van der Waals surface area contributed by atoms with Gasteiger partial charge in [-0.2, -0.15) is 4.31 Å². The molecule has 116 valence electrons. The molecule has 1 aromatic heterocycles. The fourth-order valence-electron chi connectivity index (χ4n) is 2.27. The minimum atomic E-state index is -3.33. The van der Waals surface area contributed by atoms with E-state index < -0.39 is 16.1 Å². The molecule has 0 aliphatic carbocycles. The number of hydrogen-bond acceptors (Lipinski definition) is 6. The maximum absolute atomic E-state index is 12.0. The lowest BCUT2D eigenvalue weighted by molar-refractivity contribution is -0.124. The third kappa shape index (κ3) is 4.36. The van der Waals surface area contributed by atoms with Crippen LogP contribution >= 0.6 is 0 Å². The Labute approximate surface area is 124 Å². The third-order valence-corrected chi connectivity index (χ3v) is 4.49. The highest BCUT2D eigenvalue weighted by Gasteiger charge is 2.36. The predicted molar refractivity (Wildman–Crippen MR) is 78.1 cm³/mol. The molecule has 1 fully saturated rings. The molecule has 1 saturated heterocycles. The quantitative estimate of drug-likeness (QED) is 0.682. The Morgan fingerprint density at radius 2 is 2.10 bits per heavy atom. The number of hydrogen-bond donors (Lipinski definition) is 2. The number of carbonyl (C=O) groups excluding carboxylic acids is 1. The molecular weight excluding hydrogens is 294 g/mol. The number of anilines is 1. The number of amides is 1. The van der Waals surface area contributed by atoms with Crippen LogP contribution in [0.15, 0.2) is 18.5 Å². The molecule has 8 nitrogen and oxygen atoms in total. The summed E-state index contributed by atoms with van der Waals surface area (Å²) in [6.07, 6.45) is 5.65. The summed E-state index contributed by atoms with van der Waals surface area (Å²) in [6, 6.07) is 1.13. The van der Waals surface area contributed by atoms with Gasteiger partial charge in [-0.3, -0.25) is 4.79 Å². The van der Waals surface area contributed by atoms with Gasteiger partial charge in [0.2, 0.25) is 21.9 Å². The van der Waals surface area contributed by atoms with E-state index in [9.17, 15) is 13.2 Å². The molecule has 0 saturated carbocycles. The van der Waals surface area contributed by atoms with Crippen LogP contribution in [-0.2, 0) is 14.8 Å². The van der Waals surface area contributed by atoms with Crippen LogP contribution in [0, 0.1) is 0 Å². The van der Waals surface area contributed by atoms with Crippen molar-refractivity contribution < 1.29 is 13.2 Å². The van der Waals surface area contributed by atoms with Crippen molar-refractivity contribution in [3.63, 3.8) is 0 Å². The fourth-order valence-corrected chi connectivity index (χ4v) is 3.39. The third-order valence-electron chi connectivity index (χ3n) is 3.21. The summed E-state index contributed by atoms with van der Waals surface area (Å²) in [4.78, 5) is 20.0. The van der Waals surface area contributed by atoms with Gasteiger partial charge in [-0.05, 0) is 18.9 Å². The molecule has 1 aromatic rings. The monoisotopic (exact) mass is 313 g/mol. The first kappa shape index (κ1) is 15.6. The highest BCUT2D eigenvalue weighted by atomic mass is 32.2. The number of carbonyl (C=O) groups is 1. The summed E-state index contributed by atoms with van der Waals surface area (Å²) in [5.41, 5.74) is 0. The Hall–Kier alpha value is -1.74. The summed E-state index contributed by atoms with van der Waals surface area (Å²) < 4.78 is 24.4. The van der Waals surface area contributed by atoms with Gasteiger partial charge in [0.1, 0.15) is 6.04 Å². The average molecular weight is 313 g/mol. The molecular formula is C12H19N5O3S. The smallest absolute Gasteiger partial charge is 0.238 e. The van der Waals surface area contributed by atoms with Crippen LogP contribution in [0.5, 0.6) is 0 Å². The maximum atomic E-state index is 12.0. The molecule has 2 N–H and O–H groups in total. The summed E-state index contributed by atoms with van der Waals surface area (Å²) in [7, 11) is -3.33. The fraction of sp³-hybridized carbons (Fsp3) is 0.583. The molecule has 0 radical (unpaired) electrons. The van der Waals surface area contributed by atoms with Gasteiger partial charge in [-0.15, -0.1) is 0 Å². The Balaban J connectivity index is 1.77. The molecule has 9 heteroatoms. The Morgan fingerprint density at radius 1 is 1.38 bits per heavy atom. The van der Waals surface area contributed by atoms with Crippen molar-refractivity contribution in [2.75, 3.05) is 31.2 Å². The zero-order valence-electron chi connectivity index (χ0n) is 11.8. The Morgan fingerprint density at radius 3 is 2.76 bits per heavy atom. The van der Waals surface area contributed by atoms with E-state index in [1.165, 1.54) is 4.31 Å². The highest BCUT2D eigenvalue weighted by Crippen LogP contribution is 2.20. The lowest BCUT2D eigenvalue weighted by Gasteiger charge is -2.21. The van der Waals surface area contributed by atoms with Crippen molar-refractivity contribution >= 4 is 21.9 Å². The van der Waals surface area contributed by atoms with Gasteiger partial charge < -0.3 is 10.6 Å². The van der Waals surface area contributed by atoms with Crippen LogP contribution in [0.25, 0.3) is 0 Å². The molecule has 1 atom stereocenters. The summed E-state index contributed by atoms with van der Waals surface area (Å²) in [5, 5.41) is 5.70. The normalized spacial score (nSPS) is 19.4. The van der Waals surface area contributed by atoms with E-state index in [-0.39, 0.29) is 5.91 Å². The zero-order chi connectivity index (χ0) is 15.3. The molecule has 1 aliphatic heterocycles. The number of sulfonamides is 1. The summed E-state index contributed by atoms with van der Waals surface area (Å²) >= 11 is 0. The summed E-state index contributed by atoms with van der Waals surface area (Å²) in [5.74, 6) is 0.235. The Kier molecular flexibility index (Phi) is 5.07.